The Morgan fingerprint density at radius 3 is 2.04 bits per heavy atom. The van der Waals surface area contributed by atoms with Gasteiger partial charge in [0, 0.05) is 36.6 Å². The lowest BCUT2D eigenvalue weighted by Crippen LogP contribution is -2.41. The zero-order chi connectivity index (χ0) is 34.4. The highest BCUT2D eigenvalue weighted by Gasteiger charge is 2.53. The molecule has 1 aromatic heterocycles. The molecule has 45 heavy (non-hydrogen) atoms. The summed E-state index contributed by atoms with van der Waals surface area (Å²) in [5.41, 5.74) is -4.62. The minimum absolute atomic E-state index is 0.0117. The van der Waals surface area contributed by atoms with Crippen LogP contribution in [0.1, 0.15) is 63.3 Å². The zero-order valence-electron chi connectivity index (χ0n) is 24.7. The quantitative estimate of drug-likeness (QED) is 0.139. The largest absolute Gasteiger partial charge is 0.494 e. The van der Waals surface area contributed by atoms with Crippen LogP contribution >= 0.6 is 0 Å². The van der Waals surface area contributed by atoms with Crippen LogP contribution in [0.15, 0.2) is 48.2 Å². The molecule has 250 valence electrons. The molecule has 1 N–H and O–H groups in total. The smallest absolute Gasteiger partial charge is 0.398 e. The molecule has 0 aliphatic rings. The average Bonchev–Trinajstić information content (AvgIpc) is 2.92. The van der Waals surface area contributed by atoms with E-state index >= 15 is 0 Å². The molecular formula is C29H32F8N2O5S. The van der Waals surface area contributed by atoms with Gasteiger partial charge in [0.15, 0.2) is 15.6 Å². The van der Waals surface area contributed by atoms with Crippen molar-refractivity contribution in [2.24, 2.45) is 0 Å². The second-order valence-electron chi connectivity index (χ2n) is 10.6. The van der Waals surface area contributed by atoms with Crippen LogP contribution in [0, 0.1) is 0 Å². The van der Waals surface area contributed by atoms with Crippen molar-refractivity contribution >= 4 is 27.1 Å². The molecule has 0 spiro atoms. The molecule has 0 saturated heterocycles. The number of benzene rings is 1. The SMILES string of the molecule is CC(=O)/C(CNC(=O)C(C)S(C)(=O)=O)=C(\C[C@](C)(c1ccc(OCCCC(F)(F)F)cc1)C(F)(F)F)c1ccc(C(F)F)cn1. The van der Waals surface area contributed by atoms with Crippen molar-refractivity contribution < 1.29 is 57.9 Å². The third-order valence-electron chi connectivity index (χ3n) is 7.11. The van der Waals surface area contributed by atoms with Gasteiger partial charge in [0.1, 0.15) is 11.0 Å². The molecule has 0 bridgehead atoms. The zero-order valence-corrected chi connectivity index (χ0v) is 25.5. The van der Waals surface area contributed by atoms with E-state index < -0.39 is 75.9 Å². The van der Waals surface area contributed by atoms with Gasteiger partial charge in [-0.25, -0.2) is 17.2 Å². The summed E-state index contributed by atoms with van der Waals surface area (Å²) in [7, 11) is -3.86. The lowest BCUT2D eigenvalue weighted by molar-refractivity contribution is -0.184. The van der Waals surface area contributed by atoms with Crippen LogP contribution in [0.4, 0.5) is 35.1 Å². The molecule has 0 radical (unpaired) electrons. The summed E-state index contributed by atoms with van der Waals surface area (Å²) in [6.45, 7) is 1.87. The van der Waals surface area contributed by atoms with Gasteiger partial charge in [-0.05, 0) is 69.0 Å². The van der Waals surface area contributed by atoms with Gasteiger partial charge in [0.05, 0.1) is 17.7 Å². The van der Waals surface area contributed by atoms with Crippen LogP contribution in [0.3, 0.4) is 0 Å². The summed E-state index contributed by atoms with van der Waals surface area (Å²) in [4.78, 5) is 29.1. The Labute approximate surface area is 255 Å². The third-order valence-corrected chi connectivity index (χ3v) is 8.61. The van der Waals surface area contributed by atoms with Gasteiger partial charge in [-0.15, -0.1) is 0 Å². The van der Waals surface area contributed by atoms with Crippen molar-refractivity contribution in [3.8, 4) is 5.75 Å². The Bertz CT molecular complexity index is 1470. The highest BCUT2D eigenvalue weighted by atomic mass is 32.2. The second-order valence-corrected chi connectivity index (χ2v) is 12.9. The Hall–Kier alpha value is -3.56. The van der Waals surface area contributed by atoms with E-state index in [1.807, 2.05) is 0 Å². The molecule has 7 nitrogen and oxygen atoms in total. The number of carbonyl (C=O) groups excluding carboxylic acids is 2. The molecule has 16 heteroatoms. The van der Waals surface area contributed by atoms with E-state index in [1.54, 1.807) is 0 Å². The first kappa shape index (κ1) is 37.6. The Morgan fingerprint density at radius 1 is 1.00 bits per heavy atom. The van der Waals surface area contributed by atoms with Crippen molar-refractivity contribution in [2.45, 2.75) is 69.5 Å². The van der Waals surface area contributed by atoms with E-state index in [-0.39, 0.29) is 41.2 Å². The number of sulfone groups is 1. The summed E-state index contributed by atoms with van der Waals surface area (Å²) in [5.74, 6) is -1.82. The highest BCUT2D eigenvalue weighted by Crippen LogP contribution is 2.47. The number of carbonyl (C=O) groups is 2. The molecular weight excluding hydrogens is 640 g/mol. The second kappa shape index (κ2) is 14.7. The number of rotatable bonds is 14. The van der Waals surface area contributed by atoms with E-state index in [4.69, 9.17) is 4.74 Å². The first-order valence-electron chi connectivity index (χ1n) is 13.4. The molecule has 1 unspecified atom stereocenters. The topological polar surface area (TPSA) is 102 Å². The summed E-state index contributed by atoms with van der Waals surface area (Å²) in [6, 6.07) is 6.33. The summed E-state index contributed by atoms with van der Waals surface area (Å²) >= 11 is 0. The number of allylic oxidation sites excluding steroid dienone is 1. The molecule has 2 rings (SSSR count). The molecule has 1 heterocycles. The molecule has 2 atom stereocenters. The van der Waals surface area contributed by atoms with Gasteiger partial charge in [0.25, 0.3) is 6.43 Å². The maximum absolute atomic E-state index is 14.8. The van der Waals surface area contributed by atoms with Crippen LogP contribution in [-0.2, 0) is 24.8 Å². The van der Waals surface area contributed by atoms with E-state index in [0.29, 0.717) is 0 Å². The first-order chi connectivity index (χ1) is 20.6. The Morgan fingerprint density at radius 2 is 1.60 bits per heavy atom. The lowest BCUT2D eigenvalue weighted by Gasteiger charge is -2.34. The maximum Gasteiger partial charge on any atom is 0.398 e. The van der Waals surface area contributed by atoms with Crippen molar-refractivity contribution in [2.75, 3.05) is 19.4 Å². The number of pyridine rings is 1. The average molecular weight is 673 g/mol. The number of ketones is 1. The maximum atomic E-state index is 14.8. The van der Waals surface area contributed by atoms with Crippen molar-refractivity contribution in [3.63, 3.8) is 0 Å². The lowest BCUT2D eigenvalue weighted by atomic mass is 9.74. The van der Waals surface area contributed by atoms with E-state index in [1.165, 1.54) is 0 Å². The van der Waals surface area contributed by atoms with E-state index in [2.05, 4.69) is 10.3 Å². The number of hydrogen-bond donors (Lipinski definition) is 1. The normalized spacial score (nSPS) is 15.2. The summed E-state index contributed by atoms with van der Waals surface area (Å²) in [6.07, 6.45) is -13.3. The minimum Gasteiger partial charge on any atom is -0.494 e. The van der Waals surface area contributed by atoms with Crippen LogP contribution in [0.5, 0.6) is 5.75 Å². The fourth-order valence-corrected chi connectivity index (χ4v) is 4.60. The number of nitrogens with zero attached hydrogens (tertiary/aromatic N) is 1. The van der Waals surface area contributed by atoms with Crippen LogP contribution in [0.25, 0.3) is 5.57 Å². The van der Waals surface area contributed by atoms with Gasteiger partial charge >= 0.3 is 12.4 Å². The first-order valence-corrected chi connectivity index (χ1v) is 15.3. The molecule has 1 amide bonds. The van der Waals surface area contributed by atoms with Crippen molar-refractivity contribution in [1.29, 1.82) is 0 Å². The summed E-state index contributed by atoms with van der Waals surface area (Å²) < 4.78 is 137. The number of ether oxygens (including phenoxy) is 1. The highest BCUT2D eigenvalue weighted by molar-refractivity contribution is 7.92. The molecule has 0 fully saturated rings. The fourth-order valence-electron chi connectivity index (χ4n) is 4.12. The number of nitrogens with one attached hydrogen (secondary N) is 1. The van der Waals surface area contributed by atoms with Crippen LogP contribution < -0.4 is 10.1 Å². The van der Waals surface area contributed by atoms with Gasteiger partial charge in [0.2, 0.25) is 5.91 Å². The third kappa shape index (κ3) is 10.5. The molecule has 0 saturated carbocycles. The molecule has 2 aromatic rings. The van der Waals surface area contributed by atoms with Gasteiger partial charge in [-0.2, -0.15) is 26.3 Å². The Kier molecular flexibility index (Phi) is 12.3. The Balaban J connectivity index is 2.59. The minimum atomic E-state index is -4.99. The van der Waals surface area contributed by atoms with Gasteiger partial charge in [-0.3, -0.25) is 14.6 Å². The van der Waals surface area contributed by atoms with Crippen LogP contribution in [0.2, 0.25) is 0 Å². The number of alkyl halides is 8. The summed E-state index contributed by atoms with van der Waals surface area (Å²) in [5, 5.41) is 0.694. The molecule has 0 aliphatic carbocycles. The van der Waals surface area contributed by atoms with E-state index in [0.717, 1.165) is 69.6 Å². The fraction of sp³-hybridized carbons (Fsp3) is 0.483. The number of hydrogen-bond acceptors (Lipinski definition) is 6. The van der Waals surface area contributed by atoms with Gasteiger partial charge < -0.3 is 10.1 Å². The van der Waals surface area contributed by atoms with Gasteiger partial charge in [-0.1, -0.05) is 12.1 Å². The number of amides is 1. The molecule has 1 aromatic carbocycles. The predicted molar refractivity (Wildman–Crippen MR) is 149 cm³/mol. The number of halogens is 8. The number of Topliss-reactive ketones (excluding diaryl/α,β-unsaturated/α-hetero) is 1. The predicted octanol–water partition coefficient (Wildman–Crippen LogP) is 6.54. The van der Waals surface area contributed by atoms with Crippen LogP contribution in [-0.4, -0.2) is 62.1 Å². The van der Waals surface area contributed by atoms with E-state index in [9.17, 15) is 53.1 Å². The monoisotopic (exact) mass is 672 g/mol. The number of aromatic nitrogens is 1. The van der Waals surface area contributed by atoms with Crippen molar-refractivity contribution in [3.05, 3.63) is 65.0 Å². The molecule has 0 aliphatic heterocycles. The van der Waals surface area contributed by atoms with Crippen molar-refractivity contribution in [1.82, 2.24) is 10.3 Å². The standard InChI is InChI=1S/C29H32F8N2O5S/c1-17(40)23(16-39-26(41)18(2)45(4,42)43)22(24-11-6-19(15-38-24)25(30)31)14-27(3,29(35,36)37)20-7-9-21(10-8-20)44-13-5-12-28(32,33)34/h6-11,15,18,25H,5,12-14,16H2,1-4H3,(H,39,41)/b23-22+/t18?,27-/m1/s1.